The smallest absolute Gasteiger partial charge is 0.237 e. The second kappa shape index (κ2) is 8.31. The number of hydrogen-bond acceptors (Lipinski definition) is 6. The van der Waals surface area contributed by atoms with Gasteiger partial charge in [-0.1, -0.05) is 30.0 Å². The Bertz CT molecular complexity index is 803. The first-order valence-corrected chi connectivity index (χ1v) is 10.5. The van der Waals surface area contributed by atoms with Gasteiger partial charge < -0.3 is 14.5 Å². The average Bonchev–Trinajstić information content (AvgIpc) is 3.15. The molecule has 3 heterocycles. The number of ether oxygens (including phenoxy) is 1. The third-order valence-electron chi connectivity index (χ3n) is 5.04. The molecule has 0 unspecified atom stereocenters. The Labute approximate surface area is 163 Å². The molecule has 2 aliphatic rings. The molecule has 2 aliphatic heterocycles. The lowest BCUT2D eigenvalue weighted by atomic mass is 10.0. The van der Waals surface area contributed by atoms with Gasteiger partial charge in [-0.25, -0.2) is 0 Å². The van der Waals surface area contributed by atoms with Gasteiger partial charge >= 0.3 is 0 Å². The fourth-order valence-corrected chi connectivity index (χ4v) is 4.53. The van der Waals surface area contributed by atoms with Crippen LogP contribution >= 0.6 is 11.8 Å². The molecule has 1 amide bonds. The van der Waals surface area contributed by atoms with E-state index in [1.54, 1.807) is 0 Å². The van der Waals surface area contributed by atoms with Gasteiger partial charge in [0.15, 0.2) is 5.16 Å². The summed E-state index contributed by atoms with van der Waals surface area (Å²) < 4.78 is 7.51. The van der Waals surface area contributed by atoms with E-state index < -0.39 is 0 Å². The summed E-state index contributed by atoms with van der Waals surface area (Å²) in [5, 5.41) is 9.52. The van der Waals surface area contributed by atoms with Crippen molar-refractivity contribution >= 4 is 29.3 Å². The lowest BCUT2D eigenvalue weighted by Gasteiger charge is -2.29. The van der Waals surface area contributed by atoms with Gasteiger partial charge in [0.05, 0.1) is 19.0 Å². The van der Waals surface area contributed by atoms with Crippen molar-refractivity contribution in [3.63, 3.8) is 0 Å². The van der Waals surface area contributed by atoms with Gasteiger partial charge in [-0.15, -0.1) is 10.2 Å². The van der Waals surface area contributed by atoms with Crippen molar-refractivity contribution in [2.24, 2.45) is 0 Å². The average molecular weight is 388 g/mol. The number of anilines is 2. The van der Waals surface area contributed by atoms with Gasteiger partial charge in [0.25, 0.3) is 0 Å². The monoisotopic (exact) mass is 387 g/mol. The molecule has 0 N–H and O–H groups in total. The number of nitrogens with zero attached hydrogens (tertiary/aromatic N) is 5. The SMILES string of the molecule is CCn1c(SCC(=O)N2CCCc3ccccc32)nnc1N1CCOCC1. The first-order chi connectivity index (χ1) is 13.3. The molecule has 0 spiro atoms. The molecule has 0 aliphatic carbocycles. The summed E-state index contributed by atoms with van der Waals surface area (Å²) in [6, 6.07) is 8.20. The fraction of sp³-hybridized carbons (Fsp3) is 0.526. The zero-order valence-corrected chi connectivity index (χ0v) is 16.5. The Hall–Kier alpha value is -2.06. The van der Waals surface area contributed by atoms with Gasteiger partial charge in [-0.3, -0.25) is 9.36 Å². The van der Waals surface area contributed by atoms with Crippen molar-refractivity contribution in [2.75, 3.05) is 48.4 Å². The van der Waals surface area contributed by atoms with Crippen LogP contribution in [0.5, 0.6) is 0 Å². The number of aryl methyl sites for hydroxylation is 1. The van der Waals surface area contributed by atoms with E-state index in [0.29, 0.717) is 19.0 Å². The molecule has 0 radical (unpaired) electrons. The van der Waals surface area contributed by atoms with Gasteiger partial charge in [-0.05, 0) is 31.4 Å². The van der Waals surface area contributed by atoms with E-state index in [-0.39, 0.29) is 5.91 Å². The second-order valence-corrected chi connectivity index (χ2v) is 7.64. The number of carbonyl (C=O) groups excluding carboxylic acids is 1. The van der Waals surface area contributed by atoms with Crippen LogP contribution in [0.15, 0.2) is 29.4 Å². The molecule has 1 aromatic carbocycles. The number of morpholine rings is 1. The third kappa shape index (κ3) is 3.82. The van der Waals surface area contributed by atoms with E-state index >= 15 is 0 Å². The summed E-state index contributed by atoms with van der Waals surface area (Å²) >= 11 is 1.47. The Balaban J connectivity index is 1.45. The maximum absolute atomic E-state index is 12.9. The number of rotatable bonds is 5. The molecule has 8 heteroatoms. The topological polar surface area (TPSA) is 63.5 Å². The van der Waals surface area contributed by atoms with E-state index in [0.717, 1.165) is 55.8 Å². The molecular formula is C19H25N5O2S. The zero-order chi connectivity index (χ0) is 18.6. The zero-order valence-electron chi connectivity index (χ0n) is 15.6. The van der Waals surface area contributed by atoms with Crippen LogP contribution in [0.3, 0.4) is 0 Å². The largest absolute Gasteiger partial charge is 0.378 e. The summed E-state index contributed by atoms with van der Waals surface area (Å²) in [7, 11) is 0. The van der Waals surface area contributed by atoms with Gasteiger partial charge in [0.2, 0.25) is 11.9 Å². The number of para-hydroxylation sites is 1. The third-order valence-corrected chi connectivity index (χ3v) is 6.00. The molecule has 0 bridgehead atoms. The minimum atomic E-state index is 0.130. The first-order valence-electron chi connectivity index (χ1n) is 9.55. The molecule has 0 atom stereocenters. The Morgan fingerprint density at radius 1 is 1.19 bits per heavy atom. The summed E-state index contributed by atoms with van der Waals surface area (Å²) in [5.74, 6) is 1.38. The number of aromatic nitrogens is 3. The highest BCUT2D eigenvalue weighted by atomic mass is 32.2. The van der Waals surface area contributed by atoms with E-state index in [4.69, 9.17) is 4.74 Å². The highest BCUT2D eigenvalue weighted by Crippen LogP contribution is 2.28. The molecule has 0 saturated carbocycles. The van der Waals surface area contributed by atoms with Crippen molar-refractivity contribution in [3.05, 3.63) is 29.8 Å². The van der Waals surface area contributed by atoms with Gasteiger partial charge in [0, 0.05) is 31.9 Å². The van der Waals surface area contributed by atoms with Crippen LogP contribution in [0, 0.1) is 0 Å². The standard InChI is InChI=1S/C19H25N5O2S/c1-2-23-18(22-10-12-26-13-11-22)20-21-19(23)27-14-17(25)24-9-5-7-15-6-3-4-8-16(15)24/h3-4,6,8H,2,5,7,9-14H2,1H3. The molecule has 7 nitrogen and oxygen atoms in total. The van der Waals surface area contributed by atoms with Crippen LogP contribution in [0.1, 0.15) is 18.9 Å². The van der Waals surface area contributed by atoms with E-state index in [1.807, 2.05) is 23.1 Å². The Kier molecular flexibility index (Phi) is 5.63. The maximum Gasteiger partial charge on any atom is 0.237 e. The predicted octanol–water partition coefficient (Wildman–Crippen LogP) is 2.21. The van der Waals surface area contributed by atoms with Crippen molar-refractivity contribution in [1.82, 2.24) is 14.8 Å². The van der Waals surface area contributed by atoms with Gasteiger partial charge in [0.1, 0.15) is 0 Å². The van der Waals surface area contributed by atoms with E-state index in [2.05, 4.69) is 32.7 Å². The number of fused-ring (bicyclic) bond motifs is 1. The molecule has 1 saturated heterocycles. The maximum atomic E-state index is 12.9. The minimum absolute atomic E-state index is 0.130. The second-order valence-electron chi connectivity index (χ2n) is 6.69. The number of benzene rings is 1. The van der Waals surface area contributed by atoms with Crippen LogP contribution in [-0.4, -0.2) is 59.3 Å². The molecule has 1 aromatic heterocycles. The Morgan fingerprint density at radius 2 is 2.00 bits per heavy atom. The van der Waals surface area contributed by atoms with Crippen LogP contribution in [0.25, 0.3) is 0 Å². The summed E-state index contributed by atoms with van der Waals surface area (Å²) in [4.78, 5) is 17.0. The molecule has 27 heavy (non-hydrogen) atoms. The predicted molar refractivity (Wildman–Crippen MR) is 107 cm³/mol. The van der Waals surface area contributed by atoms with Gasteiger partial charge in [-0.2, -0.15) is 0 Å². The molecule has 144 valence electrons. The molecule has 1 fully saturated rings. The summed E-state index contributed by atoms with van der Waals surface area (Å²) in [5.41, 5.74) is 2.31. The number of amides is 1. The molecule has 4 rings (SSSR count). The highest BCUT2D eigenvalue weighted by Gasteiger charge is 2.24. The lowest BCUT2D eigenvalue weighted by Crippen LogP contribution is -2.38. The fourth-order valence-electron chi connectivity index (χ4n) is 3.66. The van der Waals surface area contributed by atoms with Crippen molar-refractivity contribution in [3.8, 4) is 0 Å². The number of carbonyl (C=O) groups is 1. The lowest BCUT2D eigenvalue weighted by molar-refractivity contribution is -0.116. The highest BCUT2D eigenvalue weighted by molar-refractivity contribution is 7.99. The van der Waals surface area contributed by atoms with Crippen LogP contribution in [0.4, 0.5) is 11.6 Å². The molecular weight excluding hydrogens is 362 g/mol. The van der Waals surface area contributed by atoms with Crippen molar-refractivity contribution < 1.29 is 9.53 Å². The number of thioether (sulfide) groups is 1. The van der Waals surface area contributed by atoms with E-state index in [1.165, 1.54) is 17.3 Å². The summed E-state index contributed by atoms with van der Waals surface area (Å²) in [6.45, 7) is 6.73. The summed E-state index contributed by atoms with van der Waals surface area (Å²) in [6.07, 6.45) is 2.06. The quantitative estimate of drug-likeness (QED) is 0.733. The van der Waals surface area contributed by atoms with Crippen LogP contribution in [0.2, 0.25) is 0 Å². The van der Waals surface area contributed by atoms with Crippen LogP contribution in [-0.2, 0) is 22.5 Å². The van der Waals surface area contributed by atoms with Crippen molar-refractivity contribution in [1.29, 1.82) is 0 Å². The van der Waals surface area contributed by atoms with E-state index in [9.17, 15) is 4.79 Å². The normalized spacial score (nSPS) is 17.1. The van der Waals surface area contributed by atoms with Crippen molar-refractivity contribution in [2.45, 2.75) is 31.5 Å². The van der Waals surface area contributed by atoms with Crippen LogP contribution < -0.4 is 9.80 Å². The Morgan fingerprint density at radius 3 is 2.81 bits per heavy atom. The number of hydrogen-bond donors (Lipinski definition) is 0. The first kappa shape index (κ1) is 18.3. The minimum Gasteiger partial charge on any atom is -0.378 e. The molecule has 2 aromatic rings.